The molecular weight excluding hydrogens is 166 g/mol. The van der Waals surface area contributed by atoms with Gasteiger partial charge in [-0.1, -0.05) is 12.1 Å². The summed E-state index contributed by atoms with van der Waals surface area (Å²) in [6, 6.07) is 5.82. The molecular formula is C10H15NO2. The lowest BCUT2D eigenvalue weighted by Crippen LogP contribution is -2.04. The minimum absolute atomic E-state index is 0.510. The van der Waals surface area contributed by atoms with Gasteiger partial charge in [0.05, 0.1) is 13.7 Å². The predicted molar refractivity (Wildman–Crippen MR) is 51.6 cm³/mol. The fraction of sp³-hybridized carbons (Fsp3) is 0.400. The summed E-state index contributed by atoms with van der Waals surface area (Å²) >= 11 is 0. The van der Waals surface area contributed by atoms with Crippen LogP contribution < -0.4 is 10.5 Å². The summed E-state index contributed by atoms with van der Waals surface area (Å²) in [6.07, 6.45) is 0. The van der Waals surface area contributed by atoms with Crippen LogP contribution in [0.25, 0.3) is 0 Å². The molecule has 0 spiro atoms. The van der Waals surface area contributed by atoms with Gasteiger partial charge in [0.2, 0.25) is 0 Å². The Morgan fingerprint density at radius 3 is 2.62 bits per heavy atom. The van der Waals surface area contributed by atoms with Gasteiger partial charge in [-0.3, -0.25) is 0 Å². The maximum atomic E-state index is 5.59. The topological polar surface area (TPSA) is 44.5 Å². The Morgan fingerprint density at radius 2 is 2.08 bits per heavy atom. The molecule has 72 valence electrons. The molecule has 0 aromatic heterocycles. The van der Waals surface area contributed by atoms with Crippen molar-refractivity contribution in [1.29, 1.82) is 0 Å². The van der Waals surface area contributed by atoms with E-state index in [-0.39, 0.29) is 0 Å². The van der Waals surface area contributed by atoms with Gasteiger partial charge < -0.3 is 15.2 Å². The second kappa shape index (κ2) is 4.84. The summed E-state index contributed by atoms with van der Waals surface area (Å²) < 4.78 is 10.3. The minimum Gasteiger partial charge on any atom is -0.496 e. The van der Waals surface area contributed by atoms with E-state index in [2.05, 4.69) is 0 Å². The summed E-state index contributed by atoms with van der Waals surface area (Å²) in [5.41, 5.74) is 7.70. The molecule has 1 rings (SSSR count). The third-order valence-corrected chi connectivity index (χ3v) is 1.96. The van der Waals surface area contributed by atoms with E-state index in [1.807, 2.05) is 18.2 Å². The van der Waals surface area contributed by atoms with Gasteiger partial charge in [0.1, 0.15) is 5.75 Å². The highest BCUT2D eigenvalue weighted by atomic mass is 16.5. The lowest BCUT2D eigenvalue weighted by atomic mass is 10.1. The van der Waals surface area contributed by atoms with Crippen molar-refractivity contribution in [3.63, 3.8) is 0 Å². The lowest BCUT2D eigenvalue weighted by molar-refractivity contribution is 0.181. The molecule has 0 unspecified atom stereocenters. The average Bonchev–Trinajstić information content (AvgIpc) is 2.18. The SMILES string of the molecule is COCc1c(CN)cccc1OC. The first-order valence-electron chi connectivity index (χ1n) is 4.17. The molecule has 1 aromatic rings. The fourth-order valence-electron chi connectivity index (χ4n) is 1.30. The van der Waals surface area contributed by atoms with Crippen LogP contribution in [0.15, 0.2) is 18.2 Å². The molecule has 0 fully saturated rings. The normalized spacial score (nSPS) is 10.1. The summed E-state index contributed by atoms with van der Waals surface area (Å²) in [4.78, 5) is 0. The number of hydrogen-bond acceptors (Lipinski definition) is 3. The van der Waals surface area contributed by atoms with Gasteiger partial charge in [-0.15, -0.1) is 0 Å². The monoisotopic (exact) mass is 181 g/mol. The van der Waals surface area contributed by atoms with Crippen LogP contribution in [0.1, 0.15) is 11.1 Å². The quantitative estimate of drug-likeness (QED) is 0.761. The van der Waals surface area contributed by atoms with Crippen LogP contribution in [0.4, 0.5) is 0 Å². The molecule has 0 saturated carbocycles. The first kappa shape index (κ1) is 10.0. The minimum atomic E-state index is 0.510. The first-order chi connectivity index (χ1) is 6.33. The number of rotatable bonds is 4. The zero-order chi connectivity index (χ0) is 9.68. The van der Waals surface area contributed by atoms with Crippen LogP contribution in [-0.2, 0) is 17.9 Å². The predicted octanol–water partition coefficient (Wildman–Crippen LogP) is 1.30. The van der Waals surface area contributed by atoms with Gasteiger partial charge in [-0.25, -0.2) is 0 Å². The van der Waals surface area contributed by atoms with E-state index in [4.69, 9.17) is 15.2 Å². The zero-order valence-electron chi connectivity index (χ0n) is 8.04. The van der Waals surface area contributed by atoms with E-state index in [0.717, 1.165) is 16.9 Å². The highest BCUT2D eigenvalue weighted by molar-refractivity contribution is 5.39. The molecule has 0 atom stereocenters. The molecule has 3 nitrogen and oxygen atoms in total. The smallest absolute Gasteiger partial charge is 0.124 e. The highest BCUT2D eigenvalue weighted by Crippen LogP contribution is 2.22. The van der Waals surface area contributed by atoms with Crippen LogP contribution in [0.5, 0.6) is 5.75 Å². The molecule has 0 radical (unpaired) electrons. The van der Waals surface area contributed by atoms with Crippen molar-refractivity contribution < 1.29 is 9.47 Å². The average molecular weight is 181 g/mol. The van der Waals surface area contributed by atoms with Gasteiger partial charge in [-0.2, -0.15) is 0 Å². The van der Waals surface area contributed by atoms with E-state index >= 15 is 0 Å². The molecule has 0 heterocycles. The molecule has 0 bridgehead atoms. The second-order valence-electron chi connectivity index (χ2n) is 2.74. The highest BCUT2D eigenvalue weighted by Gasteiger charge is 2.06. The van der Waals surface area contributed by atoms with E-state index in [1.54, 1.807) is 14.2 Å². The first-order valence-corrected chi connectivity index (χ1v) is 4.17. The summed E-state index contributed by atoms with van der Waals surface area (Å²) in [5.74, 6) is 0.838. The van der Waals surface area contributed by atoms with Crippen LogP contribution >= 0.6 is 0 Å². The van der Waals surface area contributed by atoms with Crippen molar-refractivity contribution in [3.05, 3.63) is 29.3 Å². The van der Waals surface area contributed by atoms with Crippen LogP contribution in [0.2, 0.25) is 0 Å². The van der Waals surface area contributed by atoms with E-state index in [0.29, 0.717) is 13.2 Å². The van der Waals surface area contributed by atoms with Gasteiger partial charge in [0, 0.05) is 19.2 Å². The zero-order valence-corrected chi connectivity index (χ0v) is 8.04. The van der Waals surface area contributed by atoms with Gasteiger partial charge in [0.15, 0.2) is 0 Å². The van der Waals surface area contributed by atoms with E-state index in [9.17, 15) is 0 Å². The number of hydrogen-bond donors (Lipinski definition) is 1. The Labute approximate surface area is 78.5 Å². The van der Waals surface area contributed by atoms with Crippen LogP contribution in [0, 0.1) is 0 Å². The van der Waals surface area contributed by atoms with Crippen molar-refractivity contribution in [2.75, 3.05) is 14.2 Å². The van der Waals surface area contributed by atoms with E-state index < -0.39 is 0 Å². The van der Waals surface area contributed by atoms with Crippen molar-refractivity contribution in [2.24, 2.45) is 5.73 Å². The van der Waals surface area contributed by atoms with E-state index in [1.165, 1.54) is 0 Å². The molecule has 2 N–H and O–H groups in total. The number of ether oxygens (including phenoxy) is 2. The maximum Gasteiger partial charge on any atom is 0.124 e. The van der Waals surface area contributed by atoms with Crippen molar-refractivity contribution in [2.45, 2.75) is 13.2 Å². The molecule has 0 aliphatic rings. The largest absolute Gasteiger partial charge is 0.496 e. The molecule has 0 saturated heterocycles. The van der Waals surface area contributed by atoms with Crippen molar-refractivity contribution in [1.82, 2.24) is 0 Å². The lowest BCUT2D eigenvalue weighted by Gasteiger charge is -2.11. The Morgan fingerprint density at radius 1 is 1.31 bits per heavy atom. The summed E-state index contributed by atoms with van der Waals surface area (Å²) in [7, 11) is 3.31. The van der Waals surface area contributed by atoms with Crippen molar-refractivity contribution >= 4 is 0 Å². The number of methoxy groups -OCH3 is 2. The van der Waals surface area contributed by atoms with Crippen molar-refractivity contribution in [3.8, 4) is 5.75 Å². The molecule has 1 aromatic carbocycles. The van der Waals surface area contributed by atoms with Gasteiger partial charge in [0.25, 0.3) is 0 Å². The Bertz CT molecular complexity index is 251. The molecule has 13 heavy (non-hydrogen) atoms. The summed E-state index contributed by atoms with van der Waals surface area (Å²) in [5, 5.41) is 0. The molecule has 0 aliphatic carbocycles. The van der Waals surface area contributed by atoms with Gasteiger partial charge >= 0.3 is 0 Å². The standard InChI is InChI=1S/C10H15NO2/c1-12-7-9-8(6-11)4-3-5-10(9)13-2/h3-5H,6-7,11H2,1-2H3. The maximum absolute atomic E-state index is 5.59. The van der Waals surface area contributed by atoms with Gasteiger partial charge in [-0.05, 0) is 11.6 Å². The second-order valence-corrected chi connectivity index (χ2v) is 2.74. The number of nitrogens with two attached hydrogens (primary N) is 1. The molecule has 0 amide bonds. The molecule has 0 aliphatic heterocycles. The number of benzene rings is 1. The third-order valence-electron chi connectivity index (χ3n) is 1.96. The Kier molecular flexibility index (Phi) is 3.73. The Balaban J connectivity index is 3.05. The Hall–Kier alpha value is -1.06. The van der Waals surface area contributed by atoms with Crippen LogP contribution in [-0.4, -0.2) is 14.2 Å². The third kappa shape index (κ3) is 2.20. The summed E-state index contributed by atoms with van der Waals surface area (Å²) in [6.45, 7) is 1.05. The molecule has 3 heteroatoms. The fourth-order valence-corrected chi connectivity index (χ4v) is 1.30. The van der Waals surface area contributed by atoms with Crippen LogP contribution in [0.3, 0.4) is 0 Å².